The second-order valence-corrected chi connectivity index (χ2v) is 7.52. The Hall–Kier alpha value is -4.17. The lowest BCUT2D eigenvalue weighted by molar-refractivity contribution is 0.0697. The van der Waals surface area contributed by atoms with Crippen LogP contribution in [-0.4, -0.2) is 25.8 Å². The minimum absolute atomic E-state index is 0.290. The van der Waals surface area contributed by atoms with Crippen molar-refractivity contribution in [1.82, 2.24) is 14.8 Å². The molecule has 0 amide bonds. The Labute approximate surface area is 187 Å². The molecule has 5 heteroatoms. The van der Waals surface area contributed by atoms with Crippen molar-refractivity contribution >= 4 is 5.97 Å². The molecule has 0 radical (unpaired) electrons. The van der Waals surface area contributed by atoms with E-state index in [9.17, 15) is 9.90 Å². The van der Waals surface area contributed by atoms with Gasteiger partial charge in [-0.15, -0.1) is 12.3 Å². The van der Waals surface area contributed by atoms with Crippen LogP contribution in [0.1, 0.15) is 39.6 Å². The largest absolute Gasteiger partial charge is 0.478 e. The lowest BCUT2D eigenvalue weighted by Crippen LogP contribution is -2.07. The first-order valence-corrected chi connectivity index (χ1v) is 10.5. The summed E-state index contributed by atoms with van der Waals surface area (Å²) in [5.41, 5.74) is 4.07. The van der Waals surface area contributed by atoms with Gasteiger partial charge in [-0.1, -0.05) is 72.8 Å². The number of hydrogen-bond acceptors (Lipinski definition) is 3. The van der Waals surface area contributed by atoms with E-state index in [-0.39, 0.29) is 0 Å². The first kappa shape index (κ1) is 21.1. The molecule has 4 rings (SSSR count). The maximum absolute atomic E-state index is 11.5. The predicted molar refractivity (Wildman–Crippen MR) is 124 cm³/mol. The van der Waals surface area contributed by atoms with Crippen LogP contribution >= 0.6 is 0 Å². The molecule has 4 aromatic rings. The number of nitrogens with zero attached hydrogens (tertiary/aromatic N) is 3. The van der Waals surface area contributed by atoms with E-state index in [0.29, 0.717) is 36.9 Å². The Balaban J connectivity index is 1.57. The van der Waals surface area contributed by atoms with E-state index in [1.165, 1.54) is 0 Å². The Morgan fingerprint density at radius 2 is 1.66 bits per heavy atom. The van der Waals surface area contributed by atoms with Crippen molar-refractivity contribution in [3.63, 3.8) is 0 Å². The number of benzene rings is 3. The molecule has 0 spiro atoms. The number of aromatic nitrogens is 3. The molecule has 0 fully saturated rings. The van der Waals surface area contributed by atoms with Gasteiger partial charge in [0.2, 0.25) is 0 Å². The van der Waals surface area contributed by atoms with Crippen molar-refractivity contribution in [3.8, 4) is 23.5 Å². The first-order chi connectivity index (χ1) is 15.6. The number of hydrogen-bond donors (Lipinski definition) is 1. The van der Waals surface area contributed by atoms with Crippen molar-refractivity contribution in [2.24, 2.45) is 0 Å². The predicted octanol–water partition coefficient (Wildman–Crippen LogP) is 4.85. The molecule has 0 atom stereocenters. The van der Waals surface area contributed by atoms with Gasteiger partial charge in [0, 0.05) is 19.3 Å². The number of aryl methyl sites for hydroxylation is 1. The van der Waals surface area contributed by atoms with Crippen molar-refractivity contribution in [2.75, 3.05) is 0 Å². The van der Waals surface area contributed by atoms with Crippen molar-refractivity contribution in [1.29, 1.82) is 0 Å². The maximum Gasteiger partial charge on any atom is 0.336 e. The number of carboxylic acid groups (broad SMARTS) is 1. The van der Waals surface area contributed by atoms with Crippen LogP contribution < -0.4 is 0 Å². The second kappa shape index (κ2) is 9.76. The highest BCUT2D eigenvalue weighted by Gasteiger charge is 2.13. The molecule has 0 aliphatic carbocycles. The average Bonchev–Trinajstić information content (AvgIpc) is 3.19. The summed E-state index contributed by atoms with van der Waals surface area (Å²) in [6.07, 6.45) is 7.41. The van der Waals surface area contributed by atoms with Crippen LogP contribution in [0.4, 0.5) is 0 Å². The molecule has 0 saturated carbocycles. The summed E-state index contributed by atoms with van der Waals surface area (Å²) in [5.74, 6) is 3.39. The molecule has 0 bridgehead atoms. The topological polar surface area (TPSA) is 68.0 Å². The molecule has 158 valence electrons. The monoisotopic (exact) mass is 421 g/mol. The second-order valence-electron chi connectivity index (χ2n) is 7.52. The van der Waals surface area contributed by atoms with Crippen molar-refractivity contribution in [2.45, 2.75) is 25.8 Å². The van der Waals surface area contributed by atoms with Gasteiger partial charge in [-0.25, -0.2) is 14.5 Å². The van der Waals surface area contributed by atoms with Gasteiger partial charge in [-0.2, -0.15) is 5.10 Å². The van der Waals surface area contributed by atoms with Gasteiger partial charge in [0.25, 0.3) is 0 Å². The fourth-order valence-corrected chi connectivity index (χ4v) is 3.66. The quantitative estimate of drug-likeness (QED) is 0.413. The van der Waals surface area contributed by atoms with E-state index >= 15 is 0 Å². The van der Waals surface area contributed by atoms with Crippen LogP contribution in [0.25, 0.3) is 11.1 Å². The van der Waals surface area contributed by atoms with E-state index in [2.05, 4.69) is 18.1 Å². The zero-order valence-corrected chi connectivity index (χ0v) is 17.6. The summed E-state index contributed by atoms with van der Waals surface area (Å²) >= 11 is 0. The van der Waals surface area contributed by atoms with Gasteiger partial charge in [0.15, 0.2) is 5.82 Å². The summed E-state index contributed by atoms with van der Waals surface area (Å²) in [7, 11) is 0. The lowest BCUT2D eigenvalue weighted by atomic mass is 9.99. The standard InChI is InChI=1S/C27H23N3O2/c1-2-3-13-26-28-25(18-20-9-5-4-6-10-20)29-30(26)19-21-14-16-22(17-15-21)23-11-7-8-12-24(23)27(31)32/h1,4-12,14-17H,3,13,18-19H2,(H,31,32). The molecule has 0 aliphatic heterocycles. The molecule has 1 heterocycles. The summed E-state index contributed by atoms with van der Waals surface area (Å²) in [4.78, 5) is 16.3. The number of carbonyl (C=O) groups is 1. The third kappa shape index (κ3) is 4.93. The lowest BCUT2D eigenvalue weighted by Gasteiger charge is -2.09. The molecule has 0 aliphatic rings. The zero-order valence-electron chi connectivity index (χ0n) is 17.6. The number of rotatable bonds is 8. The van der Waals surface area contributed by atoms with Gasteiger partial charge < -0.3 is 5.11 Å². The molecule has 5 nitrogen and oxygen atoms in total. The Kier molecular flexibility index (Phi) is 6.43. The van der Waals surface area contributed by atoms with E-state index in [4.69, 9.17) is 16.5 Å². The molecular formula is C27H23N3O2. The minimum atomic E-state index is -0.934. The molecule has 1 aromatic heterocycles. The highest BCUT2D eigenvalue weighted by Crippen LogP contribution is 2.24. The third-order valence-corrected chi connectivity index (χ3v) is 5.24. The van der Waals surface area contributed by atoms with Crippen LogP contribution in [0.5, 0.6) is 0 Å². The molecule has 3 aromatic carbocycles. The maximum atomic E-state index is 11.5. The van der Waals surface area contributed by atoms with Gasteiger partial charge in [-0.05, 0) is 28.3 Å². The van der Waals surface area contributed by atoms with Crippen LogP contribution in [0.2, 0.25) is 0 Å². The van der Waals surface area contributed by atoms with E-state index in [1.807, 2.05) is 59.3 Å². The summed E-state index contributed by atoms with van der Waals surface area (Å²) < 4.78 is 1.91. The van der Waals surface area contributed by atoms with Gasteiger partial charge in [0.05, 0.1) is 12.1 Å². The fourth-order valence-electron chi connectivity index (χ4n) is 3.66. The fraction of sp³-hybridized carbons (Fsp3) is 0.148. The van der Waals surface area contributed by atoms with E-state index in [0.717, 1.165) is 28.3 Å². The molecule has 32 heavy (non-hydrogen) atoms. The first-order valence-electron chi connectivity index (χ1n) is 10.5. The Morgan fingerprint density at radius 1 is 0.938 bits per heavy atom. The molecular weight excluding hydrogens is 398 g/mol. The SMILES string of the molecule is C#CCCc1nc(Cc2ccccc2)nn1Cc1ccc(-c2ccccc2C(=O)O)cc1. The number of aromatic carboxylic acids is 1. The third-order valence-electron chi connectivity index (χ3n) is 5.24. The summed E-state index contributed by atoms with van der Waals surface area (Å²) in [6, 6.07) is 25.0. The summed E-state index contributed by atoms with van der Waals surface area (Å²) in [6.45, 7) is 0.572. The number of terminal acetylenes is 1. The number of carboxylic acids is 1. The van der Waals surface area contributed by atoms with Crippen molar-refractivity contribution in [3.05, 3.63) is 107 Å². The van der Waals surface area contributed by atoms with Gasteiger partial charge >= 0.3 is 5.97 Å². The van der Waals surface area contributed by atoms with E-state index < -0.39 is 5.97 Å². The van der Waals surface area contributed by atoms with Crippen LogP contribution in [0, 0.1) is 12.3 Å². The van der Waals surface area contributed by atoms with E-state index in [1.54, 1.807) is 12.1 Å². The highest BCUT2D eigenvalue weighted by molar-refractivity contribution is 5.95. The van der Waals surface area contributed by atoms with Crippen LogP contribution in [0.3, 0.4) is 0 Å². The Morgan fingerprint density at radius 3 is 2.38 bits per heavy atom. The Bertz CT molecular complexity index is 1250. The van der Waals surface area contributed by atoms with Crippen LogP contribution in [0.15, 0.2) is 78.9 Å². The molecule has 1 N–H and O–H groups in total. The van der Waals surface area contributed by atoms with Gasteiger partial charge in [0.1, 0.15) is 5.82 Å². The van der Waals surface area contributed by atoms with Crippen molar-refractivity contribution < 1.29 is 9.90 Å². The highest BCUT2D eigenvalue weighted by atomic mass is 16.4. The smallest absolute Gasteiger partial charge is 0.336 e. The average molecular weight is 422 g/mol. The molecule has 0 unspecified atom stereocenters. The zero-order chi connectivity index (χ0) is 22.3. The minimum Gasteiger partial charge on any atom is -0.478 e. The van der Waals surface area contributed by atoms with Crippen LogP contribution in [-0.2, 0) is 19.4 Å². The van der Waals surface area contributed by atoms with Gasteiger partial charge in [-0.3, -0.25) is 0 Å². The normalized spacial score (nSPS) is 10.6. The summed E-state index contributed by atoms with van der Waals surface area (Å²) in [5, 5.41) is 14.2. The molecule has 0 saturated heterocycles.